The molecule has 0 aromatic carbocycles. The fourth-order valence-corrected chi connectivity index (χ4v) is 5.03. The summed E-state index contributed by atoms with van der Waals surface area (Å²) in [6.45, 7) is 2.61. The summed E-state index contributed by atoms with van der Waals surface area (Å²) in [5, 5.41) is -1.09. The molecule has 132 valence electrons. The van der Waals surface area contributed by atoms with E-state index in [0.29, 0.717) is 11.8 Å². The summed E-state index contributed by atoms with van der Waals surface area (Å²) in [5.74, 6) is -1.84. The lowest BCUT2D eigenvalue weighted by molar-refractivity contribution is -0.165. The largest absolute Gasteiger partial charge is 0.454 e. The third kappa shape index (κ3) is 3.21. The SMILES string of the molecule is C=CC(=O)SCC(=O)OCC(=O)OC1C2CC3C(O2)C1OS3(=O)=O. The van der Waals surface area contributed by atoms with Gasteiger partial charge in [0.1, 0.15) is 17.5 Å². The van der Waals surface area contributed by atoms with Crippen LogP contribution in [-0.4, -0.2) is 67.5 Å². The first-order valence-corrected chi connectivity index (χ1v) is 9.49. The number of hydrogen-bond donors (Lipinski definition) is 0. The van der Waals surface area contributed by atoms with Gasteiger partial charge in [-0.2, -0.15) is 8.42 Å². The molecule has 0 radical (unpaired) electrons. The van der Waals surface area contributed by atoms with Crippen LogP contribution in [0.5, 0.6) is 0 Å². The first-order chi connectivity index (χ1) is 11.3. The maximum atomic E-state index is 11.8. The Morgan fingerprint density at radius 2 is 2.00 bits per heavy atom. The zero-order valence-electron chi connectivity index (χ0n) is 12.3. The molecule has 3 aliphatic heterocycles. The van der Waals surface area contributed by atoms with Crippen molar-refractivity contribution in [2.24, 2.45) is 0 Å². The highest BCUT2D eigenvalue weighted by Crippen LogP contribution is 2.47. The van der Waals surface area contributed by atoms with E-state index in [4.69, 9.17) is 13.7 Å². The molecule has 5 unspecified atom stereocenters. The molecule has 3 aliphatic rings. The monoisotopic (exact) mass is 378 g/mol. The van der Waals surface area contributed by atoms with E-state index in [9.17, 15) is 22.8 Å². The van der Waals surface area contributed by atoms with Crippen LogP contribution in [0.4, 0.5) is 0 Å². The van der Waals surface area contributed by atoms with Crippen molar-refractivity contribution in [2.75, 3.05) is 12.4 Å². The molecule has 0 aromatic rings. The number of carbonyl (C=O) groups excluding carboxylic acids is 3. The molecule has 2 bridgehead atoms. The van der Waals surface area contributed by atoms with Crippen LogP contribution in [-0.2, 0) is 42.9 Å². The van der Waals surface area contributed by atoms with Crippen LogP contribution in [0.15, 0.2) is 12.7 Å². The Hall–Kier alpha value is -1.43. The molecule has 3 rings (SSSR count). The molecule has 24 heavy (non-hydrogen) atoms. The van der Waals surface area contributed by atoms with E-state index in [1.54, 1.807) is 0 Å². The van der Waals surface area contributed by atoms with Crippen LogP contribution in [0.3, 0.4) is 0 Å². The molecule has 0 aromatic heterocycles. The fraction of sp³-hybridized carbons (Fsp3) is 0.615. The van der Waals surface area contributed by atoms with Crippen LogP contribution in [0.25, 0.3) is 0 Å². The van der Waals surface area contributed by atoms with Gasteiger partial charge in [0.2, 0.25) is 5.12 Å². The highest BCUT2D eigenvalue weighted by Gasteiger charge is 2.67. The van der Waals surface area contributed by atoms with Crippen LogP contribution < -0.4 is 0 Å². The van der Waals surface area contributed by atoms with Crippen molar-refractivity contribution in [2.45, 2.75) is 36.1 Å². The van der Waals surface area contributed by atoms with Crippen molar-refractivity contribution >= 4 is 38.9 Å². The molecule has 0 N–H and O–H groups in total. The molecule has 0 amide bonds. The van der Waals surface area contributed by atoms with E-state index in [1.807, 2.05) is 0 Å². The van der Waals surface area contributed by atoms with E-state index in [1.165, 1.54) is 0 Å². The summed E-state index contributed by atoms with van der Waals surface area (Å²) in [6.07, 6.45) is -1.58. The van der Waals surface area contributed by atoms with Crippen LogP contribution in [0.2, 0.25) is 0 Å². The van der Waals surface area contributed by atoms with Crippen molar-refractivity contribution in [3.8, 4) is 0 Å². The van der Waals surface area contributed by atoms with Gasteiger partial charge in [0.25, 0.3) is 10.1 Å². The predicted octanol–water partition coefficient (Wildman–Crippen LogP) is -0.844. The Labute approximate surface area is 141 Å². The van der Waals surface area contributed by atoms with Gasteiger partial charge >= 0.3 is 11.9 Å². The van der Waals surface area contributed by atoms with E-state index in [2.05, 4.69) is 11.3 Å². The van der Waals surface area contributed by atoms with Crippen LogP contribution in [0, 0.1) is 0 Å². The Morgan fingerprint density at radius 1 is 1.25 bits per heavy atom. The molecule has 0 spiro atoms. The summed E-state index contributed by atoms with van der Waals surface area (Å²) in [6, 6.07) is 0. The number of esters is 2. The summed E-state index contributed by atoms with van der Waals surface area (Å²) in [7, 11) is -3.69. The van der Waals surface area contributed by atoms with E-state index in [-0.39, 0.29) is 17.3 Å². The number of fused-ring (bicyclic) bond motifs is 1. The topological polar surface area (TPSA) is 122 Å². The zero-order valence-corrected chi connectivity index (χ0v) is 13.9. The first-order valence-electron chi connectivity index (χ1n) is 7.03. The van der Waals surface area contributed by atoms with Crippen molar-refractivity contribution < 1.29 is 41.2 Å². The van der Waals surface area contributed by atoms with E-state index in [0.717, 1.165) is 6.08 Å². The third-order valence-corrected chi connectivity index (χ3v) is 6.43. The van der Waals surface area contributed by atoms with Gasteiger partial charge in [-0.15, -0.1) is 0 Å². The molecule has 11 heteroatoms. The number of ether oxygens (including phenoxy) is 3. The molecule has 5 atom stereocenters. The standard InChI is InChI=1S/C13H14O9S2/c1-2-10(16)23-5-9(15)19-4-8(14)21-11-6-3-7-12(20-6)13(11)22-24(7,17)18/h2,6-7,11-13H,1,3-5H2. The smallest absolute Gasteiger partial charge is 0.344 e. The lowest BCUT2D eigenvalue weighted by Crippen LogP contribution is -2.42. The number of rotatable bonds is 6. The quantitative estimate of drug-likeness (QED) is 0.328. The minimum atomic E-state index is -3.69. The maximum absolute atomic E-state index is 11.8. The average Bonchev–Trinajstić information content (AvgIpc) is 3.14. The van der Waals surface area contributed by atoms with Crippen LogP contribution >= 0.6 is 11.8 Å². The maximum Gasteiger partial charge on any atom is 0.344 e. The van der Waals surface area contributed by atoms with Gasteiger partial charge in [-0.1, -0.05) is 18.3 Å². The molecule has 9 nitrogen and oxygen atoms in total. The van der Waals surface area contributed by atoms with Gasteiger partial charge in [-0.25, -0.2) is 4.79 Å². The normalized spacial score (nSPS) is 34.8. The van der Waals surface area contributed by atoms with Crippen LogP contribution in [0.1, 0.15) is 6.42 Å². The molecule has 3 heterocycles. The Morgan fingerprint density at radius 3 is 2.71 bits per heavy atom. The minimum absolute atomic E-state index is 0.210. The summed E-state index contributed by atoms with van der Waals surface area (Å²) >= 11 is 0.698. The Kier molecular flexibility index (Phi) is 4.69. The van der Waals surface area contributed by atoms with Gasteiger partial charge in [0.15, 0.2) is 12.7 Å². The fourth-order valence-electron chi connectivity index (χ4n) is 2.92. The zero-order chi connectivity index (χ0) is 17.5. The average molecular weight is 378 g/mol. The minimum Gasteiger partial charge on any atom is -0.454 e. The number of carbonyl (C=O) groups is 3. The highest BCUT2D eigenvalue weighted by atomic mass is 32.2. The summed E-state index contributed by atoms with van der Waals surface area (Å²) < 4.78 is 43.7. The summed E-state index contributed by atoms with van der Waals surface area (Å²) in [5.41, 5.74) is 0. The lowest BCUT2D eigenvalue weighted by Gasteiger charge is -2.21. The van der Waals surface area contributed by atoms with Crippen molar-refractivity contribution in [1.82, 2.24) is 0 Å². The van der Waals surface area contributed by atoms with E-state index < -0.39 is 58.3 Å². The van der Waals surface area contributed by atoms with Crippen molar-refractivity contribution in [3.05, 3.63) is 12.7 Å². The molecular formula is C13H14O9S2. The summed E-state index contributed by atoms with van der Waals surface area (Å²) in [4.78, 5) is 34.1. The Balaban J connectivity index is 1.46. The van der Waals surface area contributed by atoms with Gasteiger partial charge in [0.05, 0.1) is 11.9 Å². The highest BCUT2D eigenvalue weighted by molar-refractivity contribution is 8.14. The number of hydrogen-bond acceptors (Lipinski definition) is 10. The van der Waals surface area contributed by atoms with Gasteiger partial charge in [-0.3, -0.25) is 13.8 Å². The number of thioether (sulfide) groups is 1. The second-order valence-electron chi connectivity index (χ2n) is 5.39. The van der Waals surface area contributed by atoms with Gasteiger partial charge in [0, 0.05) is 0 Å². The van der Waals surface area contributed by atoms with Gasteiger partial charge < -0.3 is 14.2 Å². The predicted molar refractivity (Wildman–Crippen MR) is 79.4 cm³/mol. The molecule has 3 fully saturated rings. The molecule has 3 saturated heterocycles. The van der Waals surface area contributed by atoms with Crippen molar-refractivity contribution in [1.29, 1.82) is 0 Å². The molecule has 0 saturated carbocycles. The molecule has 0 aliphatic carbocycles. The second kappa shape index (κ2) is 6.47. The third-order valence-electron chi connectivity index (χ3n) is 3.91. The molecular weight excluding hydrogens is 364 g/mol. The van der Waals surface area contributed by atoms with E-state index >= 15 is 0 Å². The first kappa shape index (κ1) is 17.4. The second-order valence-corrected chi connectivity index (χ2v) is 8.16. The Bertz CT molecular complexity index is 686. The van der Waals surface area contributed by atoms with Crippen molar-refractivity contribution in [3.63, 3.8) is 0 Å². The van der Waals surface area contributed by atoms with Gasteiger partial charge in [-0.05, 0) is 12.5 Å². The lowest BCUT2D eigenvalue weighted by atomic mass is 9.94.